The predicted octanol–water partition coefficient (Wildman–Crippen LogP) is 2.04. The van der Waals surface area contributed by atoms with Crippen molar-refractivity contribution in [2.75, 3.05) is 0 Å². The van der Waals surface area contributed by atoms with Crippen molar-refractivity contribution in [3.63, 3.8) is 0 Å². The van der Waals surface area contributed by atoms with E-state index in [1.54, 1.807) is 0 Å². The topological polar surface area (TPSA) is 38.0 Å². The molecule has 2 saturated carbocycles. The van der Waals surface area contributed by atoms with Gasteiger partial charge < -0.3 is 11.1 Å². The average molecular weight is 248 g/mol. The molecule has 0 bridgehead atoms. The van der Waals surface area contributed by atoms with Crippen molar-refractivity contribution in [1.29, 1.82) is 0 Å². The van der Waals surface area contributed by atoms with Gasteiger partial charge in [-0.1, -0.05) is 6.42 Å². The lowest BCUT2D eigenvalue weighted by Gasteiger charge is -2.45. The molecule has 3 fully saturated rings. The zero-order valence-corrected chi connectivity index (χ0v) is 9.71. The molecule has 5 unspecified atom stereocenters. The standard InChI is InChI=1S/C12H19F3N2/c13-12(14,15)11-9(6-4-5-6)10(16)7-2-1-3-8(7)17-11/h6-11,17H,1-5,16H2. The van der Waals surface area contributed by atoms with Gasteiger partial charge in [-0.25, -0.2) is 0 Å². The van der Waals surface area contributed by atoms with Gasteiger partial charge in [-0.3, -0.25) is 0 Å². The second-order valence-corrected chi connectivity index (χ2v) is 5.88. The highest BCUT2D eigenvalue weighted by Crippen LogP contribution is 2.49. The average Bonchev–Trinajstić information content (AvgIpc) is 2.93. The number of rotatable bonds is 1. The number of nitrogens with two attached hydrogens (primary N) is 1. The van der Waals surface area contributed by atoms with Crippen LogP contribution in [0.25, 0.3) is 0 Å². The van der Waals surface area contributed by atoms with Gasteiger partial charge in [-0.05, 0) is 37.5 Å². The molecule has 3 rings (SSSR count). The Balaban J connectivity index is 1.85. The summed E-state index contributed by atoms with van der Waals surface area (Å²) < 4.78 is 39.3. The molecule has 0 amide bonds. The molecule has 3 N–H and O–H groups in total. The third-order valence-corrected chi connectivity index (χ3v) is 4.81. The highest BCUT2D eigenvalue weighted by molar-refractivity contribution is 5.07. The smallest absolute Gasteiger partial charge is 0.327 e. The van der Waals surface area contributed by atoms with E-state index in [-0.39, 0.29) is 23.9 Å². The van der Waals surface area contributed by atoms with Crippen LogP contribution in [0.1, 0.15) is 32.1 Å². The quantitative estimate of drug-likeness (QED) is 0.745. The molecule has 2 aliphatic carbocycles. The molecular formula is C12H19F3N2. The van der Waals surface area contributed by atoms with Gasteiger partial charge in [0.2, 0.25) is 0 Å². The molecule has 1 saturated heterocycles. The second kappa shape index (κ2) is 3.85. The molecule has 0 radical (unpaired) electrons. The molecule has 0 spiro atoms. The fourth-order valence-corrected chi connectivity index (χ4v) is 3.89. The number of alkyl halides is 3. The van der Waals surface area contributed by atoms with Gasteiger partial charge in [0, 0.05) is 18.0 Å². The van der Waals surface area contributed by atoms with Crippen molar-refractivity contribution in [2.24, 2.45) is 23.5 Å². The Hall–Kier alpha value is -0.290. The lowest BCUT2D eigenvalue weighted by atomic mass is 9.74. The Kier molecular flexibility index (Phi) is 2.67. The highest BCUT2D eigenvalue weighted by Gasteiger charge is 2.57. The minimum absolute atomic E-state index is 0.00775. The maximum absolute atomic E-state index is 13.1. The first-order chi connectivity index (χ1) is 7.98. The summed E-state index contributed by atoms with van der Waals surface area (Å²) in [6.45, 7) is 0. The van der Waals surface area contributed by atoms with Crippen LogP contribution in [0, 0.1) is 17.8 Å². The largest absolute Gasteiger partial charge is 0.404 e. The maximum Gasteiger partial charge on any atom is 0.404 e. The molecule has 1 aliphatic heterocycles. The molecule has 5 atom stereocenters. The van der Waals surface area contributed by atoms with Crippen molar-refractivity contribution >= 4 is 0 Å². The Labute approximate surface area is 99.1 Å². The van der Waals surface area contributed by atoms with E-state index in [1.807, 2.05) is 0 Å². The van der Waals surface area contributed by atoms with Crippen LogP contribution in [0.2, 0.25) is 0 Å². The van der Waals surface area contributed by atoms with E-state index in [0.717, 1.165) is 32.1 Å². The van der Waals surface area contributed by atoms with E-state index >= 15 is 0 Å². The monoisotopic (exact) mass is 248 g/mol. The van der Waals surface area contributed by atoms with E-state index < -0.39 is 18.1 Å². The Morgan fingerprint density at radius 3 is 2.35 bits per heavy atom. The third kappa shape index (κ3) is 1.97. The maximum atomic E-state index is 13.1. The van der Waals surface area contributed by atoms with E-state index in [1.165, 1.54) is 0 Å². The second-order valence-electron chi connectivity index (χ2n) is 5.88. The van der Waals surface area contributed by atoms with Gasteiger partial charge in [-0.15, -0.1) is 0 Å². The van der Waals surface area contributed by atoms with Crippen LogP contribution in [0.4, 0.5) is 13.2 Å². The molecule has 17 heavy (non-hydrogen) atoms. The zero-order valence-electron chi connectivity index (χ0n) is 9.71. The molecule has 1 heterocycles. The van der Waals surface area contributed by atoms with Gasteiger partial charge >= 0.3 is 6.18 Å². The van der Waals surface area contributed by atoms with E-state index in [9.17, 15) is 13.2 Å². The summed E-state index contributed by atoms with van der Waals surface area (Å²) >= 11 is 0. The van der Waals surface area contributed by atoms with Crippen molar-refractivity contribution in [3.8, 4) is 0 Å². The molecule has 98 valence electrons. The van der Waals surface area contributed by atoms with Crippen LogP contribution in [-0.4, -0.2) is 24.3 Å². The molecule has 2 nitrogen and oxygen atoms in total. The molecule has 5 heteroatoms. The van der Waals surface area contributed by atoms with Crippen molar-refractivity contribution in [3.05, 3.63) is 0 Å². The minimum Gasteiger partial charge on any atom is -0.327 e. The van der Waals surface area contributed by atoms with Gasteiger partial charge in [-0.2, -0.15) is 13.2 Å². The number of piperidine rings is 1. The summed E-state index contributed by atoms with van der Waals surface area (Å²) in [6, 6.07) is -1.64. The fraction of sp³-hybridized carbons (Fsp3) is 1.00. The van der Waals surface area contributed by atoms with Crippen LogP contribution in [0.15, 0.2) is 0 Å². The first-order valence-corrected chi connectivity index (χ1v) is 6.57. The number of fused-ring (bicyclic) bond motifs is 1. The lowest BCUT2D eigenvalue weighted by molar-refractivity contribution is -0.182. The summed E-state index contributed by atoms with van der Waals surface area (Å²) in [6.07, 6.45) is 0.541. The number of hydrogen-bond acceptors (Lipinski definition) is 2. The number of nitrogens with one attached hydrogen (secondary N) is 1. The number of halogens is 3. The molecule has 0 aromatic rings. The van der Waals surface area contributed by atoms with Crippen LogP contribution in [-0.2, 0) is 0 Å². The molecule has 3 aliphatic rings. The Morgan fingerprint density at radius 1 is 1.06 bits per heavy atom. The summed E-state index contributed by atoms with van der Waals surface area (Å²) in [5, 5.41) is 2.85. The highest BCUT2D eigenvalue weighted by atomic mass is 19.4. The van der Waals surface area contributed by atoms with Crippen LogP contribution in [0.3, 0.4) is 0 Å². The van der Waals surface area contributed by atoms with Gasteiger partial charge in [0.05, 0.1) is 0 Å². The summed E-state index contributed by atoms with van der Waals surface area (Å²) in [4.78, 5) is 0. The summed E-state index contributed by atoms with van der Waals surface area (Å²) in [5.74, 6) is 0.0687. The lowest BCUT2D eigenvalue weighted by Crippen LogP contribution is -2.65. The first-order valence-electron chi connectivity index (χ1n) is 6.57. The van der Waals surface area contributed by atoms with E-state index in [2.05, 4.69) is 5.32 Å². The summed E-state index contributed by atoms with van der Waals surface area (Å²) in [7, 11) is 0. The third-order valence-electron chi connectivity index (χ3n) is 4.81. The van der Waals surface area contributed by atoms with Gasteiger partial charge in [0.1, 0.15) is 6.04 Å². The Bertz CT molecular complexity index is 301. The fourth-order valence-electron chi connectivity index (χ4n) is 3.89. The van der Waals surface area contributed by atoms with Crippen LogP contribution >= 0.6 is 0 Å². The van der Waals surface area contributed by atoms with Gasteiger partial charge in [0.25, 0.3) is 0 Å². The summed E-state index contributed by atoms with van der Waals surface area (Å²) in [5.41, 5.74) is 6.15. The van der Waals surface area contributed by atoms with Crippen LogP contribution < -0.4 is 11.1 Å². The van der Waals surface area contributed by atoms with Gasteiger partial charge in [0.15, 0.2) is 0 Å². The normalized spacial score (nSPS) is 46.9. The SMILES string of the molecule is NC1C2CCCC2NC(C(F)(F)F)C1C1CC1. The zero-order chi connectivity index (χ0) is 12.2. The molecule has 0 aromatic heterocycles. The van der Waals surface area contributed by atoms with Crippen molar-refractivity contribution in [1.82, 2.24) is 5.32 Å². The first kappa shape index (κ1) is 11.8. The Morgan fingerprint density at radius 2 is 1.76 bits per heavy atom. The minimum atomic E-state index is -4.15. The molecule has 0 aromatic carbocycles. The number of hydrogen-bond donors (Lipinski definition) is 2. The van der Waals surface area contributed by atoms with Crippen molar-refractivity contribution < 1.29 is 13.2 Å². The predicted molar refractivity (Wildman–Crippen MR) is 58.3 cm³/mol. The van der Waals surface area contributed by atoms with Crippen LogP contribution in [0.5, 0.6) is 0 Å². The van der Waals surface area contributed by atoms with E-state index in [0.29, 0.717) is 0 Å². The van der Waals surface area contributed by atoms with E-state index in [4.69, 9.17) is 5.73 Å². The molecular weight excluding hydrogens is 229 g/mol. The van der Waals surface area contributed by atoms with Crippen molar-refractivity contribution in [2.45, 2.75) is 56.4 Å².